The molecule has 0 bridgehead atoms. The van der Waals surface area contributed by atoms with Gasteiger partial charge in [-0.15, -0.1) is 0 Å². The van der Waals surface area contributed by atoms with Crippen molar-refractivity contribution >= 4 is 27.8 Å². The molecule has 1 fully saturated rings. The standard InChI is InChI=1S/C28H29N7O2/c1-17(36)32-21-6-8-22(9-7-21)35-27-23-12-18(4-11-25(23)30-15-26(27)34(3)28(35)37)19-5-10-24(29-13-19)20-14-31-33(2)16-20/h4-5,10-16,21-22H,6-9H2,1-3H3,(H,32,36). The van der Waals surface area contributed by atoms with Crippen LogP contribution in [0.4, 0.5) is 0 Å². The summed E-state index contributed by atoms with van der Waals surface area (Å²) in [6.07, 6.45) is 10.8. The van der Waals surface area contributed by atoms with Gasteiger partial charge >= 0.3 is 5.69 Å². The quantitative estimate of drug-likeness (QED) is 0.407. The van der Waals surface area contributed by atoms with E-state index in [4.69, 9.17) is 0 Å². The van der Waals surface area contributed by atoms with Gasteiger partial charge in [-0.25, -0.2) is 4.79 Å². The average molecular weight is 496 g/mol. The first-order valence-corrected chi connectivity index (χ1v) is 12.6. The lowest BCUT2D eigenvalue weighted by Crippen LogP contribution is -2.38. The summed E-state index contributed by atoms with van der Waals surface area (Å²) in [5.74, 6) is -0.00154. The molecule has 1 N–H and O–H groups in total. The molecule has 9 heteroatoms. The normalized spacial score (nSPS) is 17.9. The van der Waals surface area contributed by atoms with Crippen LogP contribution in [-0.4, -0.2) is 40.8 Å². The zero-order valence-electron chi connectivity index (χ0n) is 21.2. The van der Waals surface area contributed by atoms with Crippen LogP contribution in [0.5, 0.6) is 0 Å². The fraction of sp³-hybridized carbons (Fsp3) is 0.321. The number of imidazole rings is 1. The molecule has 37 heavy (non-hydrogen) atoms. The van der Waals surface area contributed by atoms with Crippen LogP contribution in [0.15, 0.2) is 59.9 Å². The molecule has 1 aliphatic carbocycles. The van der Waals surface area contributed by atoms with Crippen molar-refractivity contribution in [1.82, 2.24) is 34.2 Å². The lowest BCUT2D eigenvalue weighted by Gasteiger charge is -2.29. The maximum Gasteiger partial charge on any atom is 0.329 e. The summed E-state index contributed by atoms with van der Waals surface area (Å²) in [6.45, 7) is 1.56. The van der Waals surface area contributed by atoms with Crippen molar-refractivity contribution in [2.75, 3.05) is 0 Å². The number of aromatic nitrogens is 6. The van der Waals surface area contributed by atoms with Crippen LogP contribution in [0.2, 0.25) is 0 Å². The van der Waals surface area contributed by atoms with E-state index in [1.165, 1.54) is 0 Å². The van der Waals surface area contributed by atoms with Gasteiger partial charge < -0.3 is 5.32 Å². The summed E-state index contributed by atoms with van der Waals surface area (Å²) in [5, 5.41) is 8.21. The van der Waals surface area contributed by atoms with Gasteiger partial charge in [0.1, 0.15) is 0 Å². The fourth-order valence-corrected chi connectivity index (χ4v) is 5.60. The van der Waals surface area contributed by atoms with Crippen molar-refractivity contribution < 1.29 is 4.79 Å². The van der Waals surface area contributed by atoms with E-state index in [0.717, 1.165) is 70.0 Å². The van der Waals surface area contributed by atoms with Crippen molar-refractivity contribution in [2.45, 2.75) is 44.7 Å². The Balaban J connectivity index is 1.41. The monoisotopic (exact) mass is 495 g/mol. The van der Waals surface area contributed by atoms with E-state index in [0.29, 0.717) is 0 Å². The second kappa shape index (κ2) is 8.99. The largest absolute Gasteiger partial charge is 0.354 e. The van der Waals surface area contributed by atoms with Crippen molar-refractivity contribution in [3.05, 3.63) is 65.6 Å². The molecule has 9 nitrogen and oxygen atoms in total. The lowest BCUT2D eigenvalue weighted by atomic mass is 9.90. The van der Waals surface area contributed by atoms with Crippen LogP contribution in [0, 0.1) is 0 Å². The minimum absolute atomic E-state index is 0.00154. The molecule has 0 spiro atoms. The minimum Gasteiger partial charge on any atom is -0.354 e. The van der Waals surface area contributed by atoms with Crippen LogP contribution >= 0.6 is 0 Å². The third-order valence-electron chi connectivity index (χ3n) is 7.48. The van der Waals surface area contributed by atoms with Crippen molar-refractivity contribution in [3.8, 4) is 22.4 Å². The van der Waals surface area contributed by atoms with E-state index in [-0.39, 0.29) is 23.7 Å². The van der Waals surface area contributed by atoms with E-state index in [9.17, 15) is 9.59 Å². The number of hydrogen-bond donors (Lipinski definition) is 1. The summed E-state index contributed by atoms with van der Waals surface area (Å²) < 4.78 is 5.41. The number of carbonyl (C=O) groups excluding carboxylic acids is 1. The highest BCUT2D eigenvalue weighted by Crippen LogP contribution is 2.34. The molecule has 0 saturated heterocycles. The van der Waals surface area contributed by atoms with E-state index in [2.05, 4.69) is 32.5 Å². The van der Waals surface area contributed by atoms with E-state index in [1.807, 2.05) is 49.3 Å². The molecule has 4 heterocycles. The molecule has 4 aromatic heterocycles. The number of nitrogens with zero attached hydrogens (tertiary/aromatic N) is 6. The summed E-state index contributed by atoms with van der Waals surface area (Å²) in [4.78, 5) is 34.2. The Bertz CT molecular complexity index is 1690. The molecule has 0 radical (unpaired) electrons. The zero-order valence-corrected chi connectivity index (χ0v) is 21.2. The van der Waals surface area contributed by atoms with Gasteiger partial charge in [0.25, 0.3) is 0 Å². The van der Waals surface area contributed by atoms with Gasteiger partial charge in [-0.1, -0.05) is 12.1 Å². The van der Waals surface area contributed by atoms with Gasteiger partial charge in [-0.2, -0.15) is 5.10 Å². The molecule has 1 saturated carbocycles. The Labute approximate surface area is 213 Å². The first-order chi connectivity index (χ1) is 17.9. The number of nitrogens with one attached hydrogen (secondary N) is 1. The summed E-state index contributed by atoms with van der Waals surface area (Å²) in [5.41, 5.74) is 6.42. The van der Waals surface area contributed by atoms with Crippen LogP contribution in [0.25, 0.3) is 44.3 Å². The average Bonchev–Trinajstić information content (AvgIpc) is 3.45. The molecular weight excluding hydrogens is 466 g/mol. The number of hydrogen-bond acceptors (Lipinski definition) is 5. The van der Waals surface area contributed by atoms with Crippen molar-refractivity contribution in [1.29, 1.82) is 0 Å². The number of rotatable bonds is 4. The highest BCUT2D eigenvalue weighted by Gasteiger charge is 2.27. The number of aryl methyl sites for hydroxylation is 2. The van der Waals surface area contributed by atoms with Gasteiger partial charge in [-0.05, 0) is 49.4 Å². The number of fused-ring (bicyclic) bond motifs is 3. The molecule has 1 aromatic carbocycles. The van der Waals surface area contributed by atoms with Gasteiger partial charge in [0.2, 0.25) is 5.91 Å². The molecule has 0 aliphatic heterocycles. The third-order valence-corrected chi connectivity index (χ3v) is 7.48. The Morgan fingerprint density at radius 2 is 1.73 bits per heavy atom. The minimum atomic E-state index is -0.0276. The van der Waals surface area contributed by atoms with Gasteiger partial charge in [0.15, 0.2) is 0 Å². The predicted octanol–water partition coefficient (Wildman–Crippen LogP) is 3.97. The zero-order chi connectivity index (χ0) is 25.7. The van der Waals surface area contributed by atoms with Crippen LogP contribution < -0.4 is 11.0 Å². The number of amides is 1. The molecule has 0 unspecified atom stereocenters. The number of carbonyl (C=O) groups is 1. The van der Waals surface area contributed by atoms with Gasteiger partial charge in [0.05, 0.1) is 34.6 Å². The lowest BCUT2D eigenvalue weighted by molar-refractivity contribution is -0.119. The Morgan fingerprint density at radius 3 is 2.41 bits per heavy atom. The second-order valence-electron chi connectivity index (χ2n) is 9.98. The summed E-state index contributed by atoms with van der Waals surface area (Å²) in [6, 6.07) is 10.5. The number of benzene rings is 1. The second-order valence-corrected chi connectivity index (χ2v) is 9.98. The maximum absolute atomic E-state index is 13.4. The Kier molecular flexibility index (Phi) is 5.62. The van der Waals surface area contributed by atoms with Crippen LogP contribution in [0.3, 0.4) is 0 Å². The van der Waals surface area contributed by atoms with E-state index in [1.54, 1.807) is 28.6 Å². The highest BCUT2D eigenvalue weighted by atomic mass is 16.2. The van der Waals surface area contributed by atoms with E-state index >= 15 is 0 Å². The summed E-state index contributed by atoms with van der Waals surface area (Å²) >= 11 is 0. The van der Waals surface area contributed by atoms with Crippen LogP contribution in [0.1, 0.15) is 38.6 Å². The number of pyridine rings is 2. The molecule has 1 aliphatic rings. The van der Waals surface area contributed by atoms with Crippen molar-refractivity contribution in [3.63, 3.8) is 0 Å². The molecule has 5 aromatic rings. The smallest absolute Gasteiger partial charge is 0.329 e. The van der Waals surface area contributed by atoms with E-state index < -0.39 is 0 Å². The fourth-order valence-electron chi connectivity index (χ4n) is 5.60. The SMILES string of the molecule is CC(=O)NC1CCC(n2c(=O)n(C)c3cnc4ccc(-c5ccc(-c6cnn(C)c6)nc5)cc4c32)CC1. The van der Waals surface area contributed by atoms with Crippen molar-refractivity contribution in [2.24, 2.45) is 14.1 Å². The molecule has 1 amide bonds. The van der Waals surface area contributed by atoms with Gasteiger partial charge in [0, 0.05) is 62.0 Å². The first-order valence-electron chi connectivity index (χ1n) is 12.6. The molecule has 6 rings (SSSR count). The van der Waals surface area contributed by atoms with Crippen LogP contribution in [-0.2, 0) is 18.9 Å². The molecule has 188 valence electrons. The third kappa shape index (κ3) is 4.10. The Morgan fingerprint density at radius 1 is 0.946 bits per heavy atom. The first kappa shape index (κ1) is 23.1. The highest BCUT2D eigenvalue weighted by molar-refractivity contribution is 6.04. The van der Waals surface area contributed by atoms with Gasteiger partial charge in [-0.3, -0.25) is 28.6 Å². The Hall–Kier alpha value is -4.27. The molecule has 0 atom stereocenters. The maximum atomic E-state index is 13.4. The molecular formula is C28H29N7O2. The topological polar surface area (TPSA) is 99.6 Å². The summed E-state index contributed by atoms with van der Waals surface area (Å²) in [7, 11) is 3.70. The predicted molar refractivity (Wildman–Crippen MR) is 143 cm³/mol.